The van der Waals surface area contributed by atoms with Crippen molar-refractivity contribution >= 4 is 27.7 Å². The van der Waals surface area contributed by atoms with Crippen LogP contribution in [0.2, 0.25) is 0 Å². The SMILES string of the molecule is CC(C)c1cc(C(C)C)c(S(=O)(=O)N[C@H](CO)C(=O)NCC(=O)NCc2ccc(C(=N)N)cc2)c(C(C)C)c1. The molecule has 10 nitrogen and oxygen atoms in total. The zero-order valence-corrected chi connectivity index (χ0v) is 24.3. The summed E-state index contributed by atoms with van der Waals surface area (Å²) in [6, 6.07) is 9.06. The molecule has 2 rings (SSSR count). The molecule has 0 aromatic heterocycles. The average molecular weight is 560 g/mol. The average Bonchev–Trinajstić information content (AvgIpc) is 2.88. The standard InChI is InChI=1S/C28H41N5O5S/c1-16(2)21-11-22(17(3)4)26(23(12-21)18(5)6)39(37,38)33-24(15-34)28(36)32-14-25(35)31-13-19-7-9-20(10-8-19)27(29)30/h7-12,16-18,24,33-34H,13-15H2,1-6H3,(H3,29,30)(H,31,35)(H,32,36)/t24-/m1/s1. The lowest BCUT2D eigenvalue weighted by Gasteiger charge is -2.24. The molecule has 2 aromatic carbocycles. The van der Waals surface area contributed by atoms with Crippen molar-refractivity contribution in [1.29, 1.82) is 5.41 Å². The van der Waals surface area contributed by atoms with E-state index in [2.05, 4.69) is 15.4 Å². The quantitative estimate of drug-likeness (QED) is 0.162. The molecule has 0 aliphatic rings. The number of amidine groups is 1. The molecule has 0 fully saturated rings. The number of hydrogen-bond acceptors (Lipinski definition) is 6. The predicted molar refractivity (Wildman–Crippen MR) is 152 cm³/mol. The molecule has 7 N–H and O–H groups in total. The molecule has 0 spiro atoms. The van der Waals surface area contributed by atoms with Gasteiger partial charge in [0.2, 0.25) is 21.8 Å². The van der Waals surface area contributed by atoms with Crippen LogP contribution in [0, 0.1) is 5.41 Å². The summed E-state index contributed by atoms with van der Waals surface area (Å²) in [5.74, 6) is -1.37. The third-order valence-corrected chi connectivity index (χ3v) is 7.93. The molecule has 0 saturated heterocycles. The van der Waals surface area contributed by atoms with E-state index in [0.717, 1.165) is 11.1 Å². The summed E-state index contributed by atoms with van der Waals surface area (Å²) >= 11 is 0. The molecule has 1 atom stereocenters. The van der Waals surface area contributed by atoms with Gasteiger partial charge in [-0.2, -0.15) is 4.72 Å². The van der Waals surface area contributed by atoms with Gasteiger partial charge in [0.1, 0.15) is 11.9 Å². The first-order valence-electron chi connectivity index (χ1n) is 13.0. The van der Waals surface area contributed by atoms with Crippen LogP contribution in [0.4, 0.5) is 0 Å². The highest BCUT2D eigenvalue weighted by atomic mass is 32.2. The molecule has 0 heterocycles. The number of carbonyl (C=O) groups excluding carboxylic acids is 2. The fourth-order valence-electron chi connectivity index (χ4n) is 3.98. The Morgan fingerprint density at radius 2 is 1.46 bits per heavy atom. The molecule has 0 radical (unpaired) electrons. The molecule has 0 bridgehead atoms. The van der Waals surface area contributed by atoms with Gasteiger partial charge in [0, 0.05) is 12.1 Å². The van der Waals surface area contributed by atoms with E-state index in [-0.39, 0.29) is 35.0 Å². The highest BCUT2D eigenvalue weighted by Gasteiger charge is 2.31. The number of rotatable bonds is 13. The lowest BCUT2D eigenvalue weighted by molar-refractivity contribution is -0.127. The number of nitrogens with one attached hydrogen (secondary N) is 4. The van der Waals surface area contributed by atoms with E-state index >= 15 is 0 Å². The first kappa shape index (κ1) is 31.9. The zero-order chi connectivity index (χ0) is 29.5. The summed E-state index contributed by atoms with van der Waals surface area (Å²) in [7, 11) is -4.20. The van der Waals surface area contributed by atoms with E-state index in [1.54, 1.807) is 24.3 Å². The van der Waals surface area contributed by atoms with Crippen LogP contribution in [0.3, 0.4) is 0 Å². The van der Waals surface area contributed by atoms with Crippen molar-refractivity contribution in [1.82, 2.24) is 15.4 Å². The Bertz CT molecular complexity index is 1260. The summed E-state index contributed by atoms with van der Waals surface area (Å²) in [6.07, 6.45) is 0. The smallest absolute Gasteiger partial charge is 0.241 e. The van der Waals surface area contributed by atoms with Crippen LogP contribution in [0.1, 0.15) is 87.1 Å². The molecule has 0 aliphatic heterocycles. The number of nitrogen functional groups attached to an aromatic ring is 1. The Hall–Kier alpha value is -3.28. The molecule has 0 unspecified atom stereocenters. The molecule has 0 saturated carbocycles. The Morgan fingerprint density at radius 1 is 0.923 bits per heavy atom. The zero-order valence-electron chi connectivity index (χ0n) is 23.5. The van der Waals surface area contributed by atoms with Crippen LogP contribution < -0.4 is 21.1 Å². The minimum atomic E-state index is -4.20. The maximum absolute atomic E-state index is 13.6. The van der Waals surface area contributed by atoms with Crippen LogP contribution in [-0.4, -0.2) is 50.4 Å². The largest absolute Gasteiger partial charge is 0.394 e. The van der Waals surface area contributed by atoms with Crippen molar-refractivity contribution in [3.05, 3.63) is 64.2 Å². The van der Waals surface area contributed by atoms with E-state index in [4.69, 9.17) is 11.1 Å². The number of carbonyl (C=O) groups is 2. The van der Waals surface area contributed by atoms with Gasteiger partial charge in [-0.1, -0.05) is 77.9 Å². The number of aliphatic hydroxyl groups is 1. The van der Waals surface area contributed by atoms with Crippen molar-refractivity contribution in [3.63, 3.8) is 0 Å². The second-order valence-electron chi connectivity index (χ2n) is 10.5. The highest BCUT2D eigenvalue weighted by molar-refractivity contribution is 7.89. The molecular formula is C28H41N5O5S. The molecule has 0 aliphatic carbocycles. The Kier molecular flexibility index (Phi) is 11.2. The number of hydrogen-bond donors (Lipinski definition) is 6. The van der Waals surface area contributed by atoms with Gasteiger partial charge in [-0.15, -0.1) is 0 Å². The van der Waals surface area contributed by atoms with Crippen LogP contribution in [0.15, 0.2) is 41.3 Å². The predicted octanol–water partition coefficient (Wildman–Crippen LogP) is 2.41. The molecule has 39 heavy (non-hydrogen) atoms. The molecular weight excluding hydrogens is 518 g/mol. The van der Waals surface area contributed by atoms with Crippen molar-refractivity contribution in [3.8, 4) is 0 Å². The molecule has 214 valence electrons. The van der Waals surface area contributed by atoms with Gasteiger partial charge in [0.05, 0.1) is 18.0 Å². The van der Waals surface area contributed by atoms with Gasteiger partial charge in [0.25, 0.3) is 0 Å². The van der Waals surface area contributed by atoms with E-state index < -0.39 is 41.0 Å². The Labute approximate surface area is 231 Å². The second-order valence-corrected chi connectivity index (χ2v) is 12.1. The van der Waals surface area contributed by atoms with Crippen LogP contribution >= 0.6 is 0 Å². The lowest BCUT2D eigenvalue weighted by Crippen LogP contribution is -2.50. The third-order valence-electron chi connectivity index (χ3n) is 6.32. The first-order valence-corrected chi connectivity index (χ1v) is 14.4. The number of nitrogens with two attached hydrogens (primary N) is 1. The van der Waals surface area contributed by atoms with E-state index in [1.807, 2.05) is 53.7 Å². The topological polar surface area (TPSA) is 174 Å². The normalized spacial score (nSPS) is 12.6. The van der Waals surface area contributed by atoms with Gasteiger partial charge in [-0.05, 0) is 40.0 Å². The van der Waals surface area contributed by atoms with Crippen LogP contribution in [-0.2, 0) is 26.2 Å². The summed E-state index contributed by atoms with van der Waals surface area (Å²) in [5.41, 5.74) is 9.08. The van der Waals surface area contributed by atoms with Crippen molar-refractivity contribution in [2.24, 2.45) is 5.73 Å². The Balaban J connectivity index is 2.14. The number of sulfonamides is 1. The second kappa shape index (κ2) is 13.7. The van der Waals surface area contributed by atoms with E-state index in [9.17, 15) is 23.1 Å². The summed E-state index contributed by atoms with van der Waals surface area (Å²) in [4.78, 5) is 25.1. The van der Waals surface area contributed by atoms with Crippen LogP contribution in [0.25, 0.3) is 0 Å². The number of aliphatic hydroxyl groups excluding tert-OH is 1. The van der Waals surface area contributed by atoms with E-state index in [1.165, 1.54) is 0 Å². The minimum Gasteiger partial charge on any atom is -0.394 e. The fraction of sp³-hybridized carbons (Fsp3) is 0.464. The number of benzene rings is 2. The summed E-state index contributed by atoms with van der Waals surface area (Å²) in [6.45, 7) is 10.7. The first-order chi connectivity index (χ1) is 18.2. The fourth-order valence-corrected chi connectivity index (χ4v) is 5.86. The van der Waals surface area contributed by atoms with Gasteiger partial charge in [0.15, 0.2) is 0 Å². The van der Waals surface area contributed by atoms with E-state index in [0.29, 0.717) is 16.7 Å². The number of amides is 2. The van der Waals surface area contributed by atoms with Gasteiger partial charge < -0.3 is 21.5 Å². The highest BCUT2D eigenvalue weighted by Crippen LogP contribution is 2.35. The maximum atomic E-state index is 13.6. The third kappa shape index (κ3) is 8.61. The molecule has 2 amide bonds. The van der Waals surface area contributed by atoms with Crippen molar-refractivity contribution in [2.45, 2.75) is 76.8 Å². The summed E-state index contributed by atoms with van der Waals surface area (Å²) in [5, 5.41) is 22.3. The van der Waals surface area contributed by atoms with Gasteiger partial charge in [-0.25, -0.2) is 8.42 Å². The van der Waals surface area contributed by atoms with Crippen molar-refractivity contribution < 1.29 is 23.1 Å². The van der Waals surface area contributed by atoms with Gasteiger partial charge >= 0.3 is 0 Å². The van der Waals surface area contributed by atoms with Crippen LogP contribution in [0.5, 0.6) is 0 Å². The maximum Gasteiger partial charge on any atom is 0.241 e. The Morgan fingerprint density at radius 3 is 1.90 bits per heavy atom. The molecule has 2 aromatic rings. The minimum absolute atomic E-state index is 0.0595. The lowest BCUT2D eigenvalue weighted by atomic mass is 9.89. The van der Waals surface area contributed by atoms with Crippen molar-refractivity contribution in [2.75, 3.05) is 13.2 Å². The summed E-state index contributed by atoms with van der Waals surface area (Å²) < 4.78 is 29.5. The molecule has 11 heteroatoms. The monoisotopic (exact) mass is 559 g/mol. The van der Waals surface area contributed by atoms with Gasteiger partial charge in [-0.3, -0.25) is 15.0 Å².